The largest absolute Gasteiger partial charge is 0.455 e. The highest BCUT2D eigenvalue weighted by Gasteiger charge is 2.37. The van der Waals surface area contributed by atoms with E-state index < -0.39 is 18.1 Å². The molecule has 1 unspecified atom stereocenters. The second-order valence-corrected chi connectivity index (χ2v) is 2.33. The molecule has 0 spiro atoms. The van der Waals surface area contributed by atoms with Gasteiger partial charge in [0, 0.05) is 7.11 Å². The minimum absolute atomic E-state index is 0.185. The number of halogens is 3. The molecule has 0 saturated carbocycles. The highest BCUT2D eigenvalue weighted by Crippen LogP contribution is 2.27. The fourth-order valence-corrected chi connectivity index (χ4v) is 0.616. The van der Waals surface area contributed by atoms with Gasteiger partial charge in [-0.3, -0.25) is 0 Å². The van der Waals surface area contributed by atoms with Gasteiger partial charge in [-0.05, 0) is 6.92 Å². The Bertz CT molecular complexity index is 284. The quantitative estimate of drug-likeness (QED) is 0.723. The zero-order valence-corrected chi connectivity index (χ0v) is 6.92. The fraction of sp³-hybridized carbons (Fsp3) is 0.667. The molecule has 0 aliphatic rings. The molecule has 0 fully saturated rings. The maximum atomic E-state index is 11.9. The third-order valence-corrected chi connectivity index (χ3v) is 1.40. The maximum Gasteiger partial charge on any atom is 0.455 e. The lowest BCUT2D eigenvalue weighted by atomic mass is 10.4. The van der Waals surface area contributed by atoms with Crippen molar-refractivity contribution in [2.24, 2.45) is 0 Å². The van der Waals surface area contributed by atoms with E-state index >= 15 is 0 Å². The Balaban J connectivity index is 2.87. The summed E-state index contributed by atoms with van der Waals surface area (Å²) >= 11 is 0. The van der Waals surface area contributed by atoms with Crippen LogP contribution in [0, 0.1) is 0 Å². The molecule has 1 atom stereocenters. The highest BCUT2D eigenvalue weighted by atomic mass is 19.4. The van der Waals surface area contributed by atoms with Gasteiger partial charge in [0.1, 0.15) is 6.10 Å². The SMILES string of the molecule is COC(C)c1nc(C(F)(F)F)no1. The molecule has 0 amide bonds. The van der Waals surface area contributed by atoms with E-state index in [2.05, 4.69) is 14.7 Å². The Hall–Kier alpha value is -1.11. The number of nitrogens with zero attached hydrogens (tertiary/aromatic N) is 2. The van der Waals surface area contributed by atoms with Crippen LogP contribution < -0.4 is 0 Å². The molecule has 1 heterocycles. The van der Waals surface area contributed by atoms with Crippen LogP contribution in [0.5, 0.6) is 0 Å². The fourth-order valence-electron chi connectivity index (χ4n) is 0.616. The molecule has 7 heteroatoms. The van der Waals surface area contributed by atoms with Crippen LogP contribution >= 0.6 is 0 Å². The van der Waals surface area contributed by atoms with Gasteiger partial charge in [0.2, 0.25) is 0 Å². The molecule has 0 aliphatic heterocycles. The molecule has 0 N–H and O–H groups in total. The molecule has 0 radical (unpaired) electrons. The average Bonchev–Trinajstić information content (AvgIpc) is 2.50. The third-order valence-electron chi connectivity index (χ3n) is 1.40. The Labute approximate surface area is 71.7 Å². The van der Waals surface area contributed by atoms with Gasteiger partial charge in [-0.2, -0.15) is 18.2 Å². The number of alkyl halides is 3. The van der Waals surface area contributed by atoms with E-state index in [0.29, 0.717) is 0 Å². The zero-order chi connectivity index (χ0) is 10.1. The minimum Gasteiger partial charge on any atom is -0.372 e. The van der Waals surface area contributed by atoms with Gasteiger partial charge in [0.25, 0.3) is 11.7 Å². The van der Waals surface area contributed by atoms with Crippen LogP contribution in [0.1, 0.15) is 24.7 Å². The van der Waals surface area contributed by atoms with Crippen molar-refractivity contribution in [3.8, 4) is 0 Å². The highest BCUT2D eigenvalue weighted by molar-refractivity contribution is 4.92. The molecule has 74 valence electrons. The second kappa shape index (κ2) is 3.33. The van der Waals surface area contributed by atoms with Crippen molar-refractivity contribution in [3.05, 3.63) is 11.7 Å². The lowest BCUT2D eigenvalue weighted by molar-refractivity contribution is -0.146. The number of ether oxygens (including phenoxy) is 1. The van der Waals surface area contributed by atoms with Crippen LogP contribution in [-0.4, -0.2) is 17.3 Å². The summed E-state index contributed by atoms with van der Waals surface area (Å²) in [6, 6.07) is 0. The topological polar surface area (TPSA) is 48.2 Å². The summed E-state index contributed by atoms with van der Waals surface area (Å²) in [6.45, 7) is 1.51. The number of rotatable bonds is 2. The van der Waals surface area contributed by atoms with Crippen LogP contribution in [0.4, 0.5) is 13.2 Å². The van der Waals surface area contributed by atoms with Gasteiger partial charge in [-0.25, -0.2) is 0 Å². The van der Waals surface area contributed by atoms with E-state index in [1.807, 2.05) is 0 Å². The van der Waals surface area contributed by atoms with Crippen LogP contribution in [0.3, 0.4) is 0 Å². The number of aromatic nitrogens is 2. The lowest BCUT2D eigenvalue weighted by Gasteiger charge is -2.01. The van der Waals surface area contributed by atoms with Crippen molar-refractivity contribution in [3.63, 3.8) is 0 Å². The predicted octanol–water partition coefficient (Wildman–Crippen LogP) is 1.80. The summed E-state index contributed by atoms with van der Waals surface area (Å²) in [7, 11) is 1.34. The van der Waals surface area contributed by atoms with E-state index in [9.17, 15) is 13.2 Å². The molecular formula is C6H7F3N2O2. The first-order chi connectivity index (χ1) is 5.95. The van der Waals surface area contributed by atoms with Gasteiger partial charge in [-0.15, -0.1) is 0 Å². The summed E-state index contributed by atoms with van der Waals surface area (Å²) in [5.41, 5.74) is 0. The van der Waals surface area contributed by atoms with E-state index in [-0.39, 0.29) is 5.89 Å². The third kappa shape index (κ3) is 2.18. The van der Waals surface area contributed by atoms with E-state index in [4.69, 9.17) is 4.74 Å². The molecule has 4 nitrogen and oxygen atoms in total. The van der Waals surface area contributed by atoms with Crippen LogP contribution in [0.2, 0.25) is 0 Å². The van der Waals surface area contributed by atoms with E-state index in [0.717, 1.165) is 0 Å². The zero-order valence-electron chi connectivity index (χ0n) is 6.92. The van der Waals surface area contributed by atoms with Crippen LogP contribution in [0.15, 0.2) is 4.52 Å². The molecule has 0 saturated heterocycles. The molecular weight excluding hydrogens is 189 g/mol. The first-order valence-electron chi connectivity index (χ1n) is 3.38. The molecule has 13 heavy (non-hydrogen) atoms. The monoisotopic (exact) mass is 196 g/mol. The summed E-state index contributed by atoms with van der Waals surface area (Å²) < 4.78 is 44.9. The van der Waals surface area contributed by atoms with Gasteiger partial charge < -0.3 is 9.26 Å². The maximum absolute atomic E-state index is 11.9. The van der Waals surface area contributed by atoms with Crippen LogP contribution in [-0.2, 0) is 10.9 Å². The molecule has 1 aromatic heterocycles. The smallest absolute Gasteiger partial charge is 0.372 e. The first kappa shape index (κ1) is 9.97. The predicted molar refractivity (Wildman–Crippen MR) is 34.7 cm³/mol. The normalized spacial score (nSPS) is 14.5. The van der Waals surface area contributed by atoms with Crippen molar-refractivity contribution in [1.82, 2.24) is 10.1 Å². The van der Waals surface area contributed by atoms with Crippen molar-refractivity contribution in [1.29, 1.82) is 0 Å². The van der Waals surface area contributed by atoms with Crippen LogP contribution in [0.25, 0.3) is 0 Å². The molecule has 1 aromatic rings. The standard InChI is InChI=1S/C6H7F3N2O2/c1-3(12-2)4-10-5(11-13-4)6(7,8)9/h3H,1-2H3. The molecule has 0 aliphatic carbocycles. The van der Waals surface area contributed by atoms with Gasteiger partial charge in [-0.1, -0.05) is 5.16 Å². The van der Waals surface area contributed by atoms with E-state index in [1.54, 1.807) is 0 Å². The number of hydrogen-bond acceptors (Lipinski definition) is 4. The van der Waals surface area contributed by atoms with Crippen molar-refractivity contribution in [2.45, 2.75) is 19.2 Å². The van der Waals surface area contributed by atoms with Gasteiger partial charge in [0.15, 0.2) is 0 Å². The Morgan fingerprint density at radius 3 is 2.46 bits per heavy atom. The first-order valence-corrected chi connectivity index (χ1v) is 3.38. The molecule has 0 bridgehead atoms. The summed E-state index contributed by atoms with van der Waals surface area (Å²) in [4.78, 5) is 3.12. The lowest BCUT2D eigenvalue weighted by Crippen LogP contribution is -2.07. The van der Waals surface area contributed by atoms with Gasteiger partial charge in [0.05, 0.1) is 0 Å². The van der Waals surface area contributed by atoms with E-state index in [1.165, 1.54) is 14.0 Å². The Morgan fingerprint density at radius 2 is 2.08 bits per heavy atom. The summed E-state index contributed by atoms with van der Waals surface area (Å²) in [6.07, 6.45) is -5.21. The minimum atomic E-state index is -4.57. The number of hydrogen-bond donors (Lipinski definition) is 0. The second-order valence-electron chi connectivity index (χ2n) is 2.33. The van der Waals surface area contributed by atoms with Crippen molar-refractivity contribution in [2.75, 3.05) is 7.11 Å². The molecule has 0 aromatic carbocycles. The Kier molecular flexibility index (Phi) is 2.55. The molecule has 1 rings (SSSR count). The Morgan fingerprint density at radius 1 is 1.46 bits per heavy atom. The average molecular weight is 196 g/mol. The van der Waals surface area contributed by atoms with Crippen molar-refractivity contribution < 1.29 is 22.4 Å². The summed E-state index contributed by atoms with van der Waals surface area (Å²) in [5.74, 6) is -1.47. The van der Waals surface area contributed by atoms with Gasteiger partial charge >= 0.3 is 6.18 Å². The number of methoxy groups -OCH3 is 1. The van der Waals surface area contributed by atoms with Crippen molar-refractivity contribution >= 4 is 0 Å². The summed E-state index contributed by atoms with van der Waals surface area (Å²) in [5, 5.41) is 2.77.